The van der Waals surface area contributed by atoms with Crippen LogP contribution in [0.2, 0.25) is 0 Å². The van der Waals surface area contributed by atoms with Gasteiger partial charge in [-0.2, -0.15) is 9.65 Å². The second-order valence-corrected chi connectivity index (χ2v) is 4.32. The van der Waals surface area contributed by atoms with E-state index in [-0.39, 0.29) is 11.5 Å². The first-order chi connectivity index (χ1) is 10.2. The highest BCUT2D eigenvalue weighted by molar-refractivity contribution is 5.93. The van der Waals surface area contributed by atoms with Gasteiger partial charge in [-0.1, -0.05) is 0 Å². The number of nitrogens with zero attached hydrogens (tertiary/aromatic N) is 3. The van der Waals surface area contributed by atoms with E-state index in [0.29, 0.717) is 22.3 Å². The van der Waals surface area contributed by atoms with Crippen LogP contribution >= 0.6 is 0 Å². The Bertz CT molecular complexity index is 854. The van der Waals surface area contributed by atoms with Gasteiger partial charge in [-0.25, -0.2) is 14.4 Å². The van der Waals surface area contributed by atoms with E-state index in [0.717, 1.165) is 0 Å². The fourth-order valence-corrected chi connectivity index (χ4v) is 1.95. The van der Waals surface area contributed by atoms with Crippen molar-refractivity contribution in [3.8, 4) is 6.07 Å². The summed E-state index contributed by atoms with van der Waals surface area (Å²) in [5.74, 6) is -0.996. The summed E-state index contributed by atoms with van der Waals surface area (Å²) < 4.78 is 26.2. The number of halogens is 2. The standard InChI is InChI=1S/C15H8F2N4/c16-9-1-3-10(4-2-9)20-13-5-11(7-18)21-14-8-19-15(17)6-12(13)14/h1-6,8H,(H,20,21). The molecule has 4 nitrogen and oxygen atoms in total. The van der Waals surface area contributed by atoms with Crippen molar-refractivity contribution in [1.82, 2.24) is 9.97 Å². The molecule has 102 valence electrons. The highest BCUT2D eigenvalue weighted by Crippen LogP contribution is 2.26. The number of aromatic nitrogens is 2. The minimum Gasteiger partial charge on any atom is -0.355 e. The van der Waals surface area contributed by atoms with Crippen molar-refractivity contribution >= 4 is 22.3 Å². The van der Waals surface area contributed by atoms with Crippen LogP contribution in [-0.2, 0) is 0 Å². The maximum atomic E-state index is 13.3. The lowest BCUT2D eigenvalue weighted by molar-refractivity contribution is 0.586. The number of anilines is 2. The van der Waals surface area contributed by atoms with Gasteiger partial charge >= 0.3 is 0 Å². The van der Waals surface area contributed by atoms with E-state index in [2.05, 4.69) is 15.3 Å². The Morgan fingerprint density at radius 2 is 1.86 bits per heavy atom. The van der Waals surface area contributed by atoms with Crippen LogP contribution in [0.4, 0.5) is 20.2 Å². The Hall–Kier alpha value is -3.07. The molecule has 0 fully saturated rings. The number of nitrogens with one attached hydrogen (secondary N) is 1. The van der Waals surface area contributed by atoms with Crippen LogP contribution in [-0.4, -0.2) is 9.97 Å². The third kappa shape index (κ3) is 2.62. The molecule has 0 aliphatic rings. The fourth-order valence-electron chi connectivity index (χ4n) is 1.95. The SMILES string of the molecule is N#Cc1cc(Nc2ccc(F)cc2)c2cc(F)ncc2n1. The van der Waals surface area contributed by atoms with E-state index in [9.17, 15) is 8.78 Å². The zero-order valence-electron chi connectivity index (χ0n) is 10.6. The smallest absolute Gasteiger partial charge is 0.213 e. The lowest BCUT2D eigenvalue weighted by Gasteiger charge is -2.10. The number of hydrogen-bond donors (Lipinski definition) is 1. The largest absolute Gasteiger partial charge is 0.355 e. The molecule has 0 saturated heterocycles. The summed E-state index contributed by atoms with van der Waals surface area (Å²) in [5, 5.41) is 12.5. The topological polar surface area (TPSA) is 61.6 Å². The first kappa shape index (κ1) is 12.9. The minimum absolute atomic E-state index is 0.181. The maximum absolute atomic E-state index is 13.3. The highest BCUT2D eigenvalue weighted by Gasteiger charge is 2.08. The lowest BCUT2D eigenvalue weighted by atomic mass is 10.2. The van der Waals surface area contributed by atoms with Gasteiger partial charge in [0.05, 0.1) is 17.4 Å². The summed E-state index contributed by atoms with van der Waals surface area (Å²) in [5.41, 5.74) is 1.70. The number of rotatable bonds is 2. The summed E-state index contributed by atoms with van der Waals surface area (Å²) in [6.07, 6.45) is 1.27. The molecular weight excluding hydrogens is 274 g/mol. The van der Waals surface area contributed by atoms with Crippen LogP contribution in [0.3, 0.4) is 0 Å². The minimum atomic E-state index is -0.642. The molecule has 6 heteroatoms. The van der Waals surface area contributed by atoms with E-state index in [1.54, 1.807) is 12.1 Å². The average molecular weight is 282 g/mol. The van der Waals surface area contributed by atoms with Gasteiger partial charge in [0, 0.05) is 17.1 Å². The van der Waals surface area contributed by atoms with Gasteiger partial charge in [0.15, 0.2) is 0 Å². The van der Waals surface area contributed by atoms with Gasteiger partial charge in [-0.05, 0) is 30.3 Å². The van der Waals surface area contributed by atoms with Crippen molar-refractivity contribution in [2.45, 2.75) is 0 Å². The predicted octanol–water partition coefficient (Wildman–Crippen LogP) is 3.52. The van der Waals surface area contributed by atoms with Gasteiger partial charge < -0.3 is 5.32 Å². The van der Waals surface area contributed by atoms with Gasteiger partial charge in [-0.15, -0.1) is 0 Å². The Labute approximate surface area is 118 Å². The molecule has 0 saturated carbocycles. The number of benzene rings is 1. The molecule has 3 aromatic rings. The predicted molar refractivity (Wildman–Crippen MR) is 73.9 cm³/mol. The molecule has 1 aromatic carbocycles. The molecule has 0 bridgehead atoms. The first-order valence-electron chi connectivity index (χ1n) is 6.05. The zero-order chi connectivity index (χ0) is 14.8. The summed E-state index contributed by atoms with van der Waals surface area (Å²) in [4.78, 5) is 7.59. The average Bonchev–Trinajstić information content (AvgIpc) is 2.49. The van der Waals surface area contributed by atoms with E-state index >= 15 is 0 Å². The van der Waals surface area contributed by atoms with E-state index < -0.39 is 5.95 Å². The molecule has 21 heavy (non-hydrogen) atoms. The number of pyridine rings is 2. The first-order valence-corrected chi connectivity index (χ1v) is 6.05. The van der Waals surface area contributed by atoms with E-state index in [4.69, 9.17) is 5.26 Å². The molecular formula is C15H8F2N4. The third-order valence-corrected chi connectivity index (χ3v) is 2.90. The van der Waals surface area contributed by atoms with Gasteiger partial charge in [0.25, 0.3) is 0 Å². The molecule has 0 atom stereocenters. The van der Waals surface area contributed by atoms with Gasteiger partial charge in [0.1, 0.15) is 17.6 Å². The molecule has 0 aliphatic heterocycles. The van der Waals surface area contributed by atoms with Crippen molar-refractivity contribution in [2.75, 3.05) is 5.32 Å². The number of fused-ring (bicyclic) bond motifs is 1. The van der Waals surface area contributed by atoms with E-state index in [1.165, 1.54) is 30.5 Å². The Balaban J connectivity index is 2.13. The number of nitriles is 1. The van der Waals surface area contributed by atoms with Gasteiger partial charge in [-0.3, -0.25) is 0 Å². The second kappa shape index (κ2) is 5.13. The van der Waals surface area contributed by atoms with Crippen LogP contribution in [0.5, 0.6) is 0 Å². The quantitative estimate of drug-likeness (QED) is 0.730. The normalized spacial score (nSPS) is 10.3. The molecule has 2 aromatic heterocycles. The lowest BCUT2D eigenvalue weighted by Crippen LogP contribution is -1.96. The van der Waals surface area contributed by atoms with Crippen molar-refractivity contribution in [3.05, 3.63) is 60.1 Å². The molecule has 3 rings (SSSR count). The molecule has 0 radical (unpaired) electrons. The molecule has 2 heterocycles. The van der Waals surface area contributed by atoms with E-state index in [1.807, 2.05) is 6.07 Å². The Kier molecular flexibility index (Phi) is 3.16. The van der Waals surface area contributed by atoms with Crippen LogP contribution < -0.4 is 5.32 Å². The summed E-state index contributed by atoms with van der Waals surface area (Å²) >= 11 is 0. The molecule has 0 aliphatic carbocycles. The zero-order valence-corrected chi connectivity index (χ0v) is 10.6. The fraction of sp³-hybridized carbons (Fsp3) is 0. The Morgan fingerprint density at radius 1 is 1.10 bits per heavy atom. The third-order valence-electron chi connectivity index (χ3n) is 2.90. The van der Waals surface area contributed by atoms with Crippen LogP contribution in [0.1, 0.15) is 5.69 Å². The molecule has 0 unspecified atom stereocenters. The van der Waals surface area contributed by atoms with Crippen LogP contribution in [0.25, 0.3) is 10.9 Å². The van der Waals surface area contributed by atoms with Gasteiger partial charge in [0.2, 0.25) is 5.95 Å². The second-order valence-electron chi connectivity index (χ2n) is 4.32. The van der Waals surface area contributed by atoms with Crippen molar-refractivity contribution in [3.63, 3.8) is 0 Å². The van der Waals surface area contributed by atoms with Crippen molar-refractivity contribution in [1.29, 1.82) is 5.26 Å². The van der Waals surface area contributed by atoms with Crippen molar-refractivity contribution in [2.24, 2.45) is 0 Å². The Morgan fingerprint density at radius 3 is 2.57 bits per heavy atom. The highest BCUT2D eigenvalue weighted by atomic mass is 19.1. The van der Waals surface area contributed by atoms with Crippen LogP contribution in [0, 0.1) is 23.1 Å². The monoisotopic (exact) mass is 282 g/mol. The summed E-state index contributed by atoms with van der Waals surface area (Å²) in [6, 6.07) is 10.4. The molecule has 0 amide bonds. The summed E-state index contributed by atoms with van der Waals surface area (Å²) in [7, 11) is 0. The van der Waals surface area contributed by atoms with Crippen LogP contribution in [0.15, 0.2) is 42.6 Å². The number of hydrogen-bond acceptors (Lipinski definition) is 4. The maximum Gasteiger partial charge on any atom is 0.213 e. The molecule has 1 N–H and O–H groups in total. The molecule has 0 spiro atoms. The van der Waals surface area contributed by atoms with Crippen molar-refractivity contribution < 1.29 is 8.78 Å². The summed E-state index contributed by atoms with van der Waals surface area (Å²) in [6.45, 7) is 0.